The largest absolute Gasteiger partial charge is 0.416 e. The molecule has 3 N–H and O–H groups in total. The van der Waals surface area contributed by atoms with E-state index in [0.717, 1.165) is 23.7 Å². The smallest absolute Gasteiger partial charge is 0.282 e. The summed E-state index contributed by atoms with van der Waals surface area (Å²) < 4.78 is 5.29. The molecule has 0 atom stereocenters. The molecule has 0 fully saturated rings. The molecule has 0 saturated carbocycles. The van der Waals surface area contributed by atoms with Crippen LogP contribution in [0.2, 0.25) is 0 Å². The predicted molar refractivity (Wildman–Crippen MR) is 67.0 cm³/mol. The maximum atomic E-state index is 5.38. The van der Waals surface area contributed by atoms with Crippen LogP contribution < -0.4 is 11.3 Å². The van der Waals surface area contributed by atoms with Crippen molar-refractivity contribution >= 4 is 17.6 Å². The fourth-order valence-electron chi connectivity index (χ4n) is 1.34. The minimum Gasteiger partial charge on any atom is -0.416 e. The van der Waals surface area contributed by atoms with Gasteiger partial charge < -0.3 is 9.84 Å². The molecule has 0 aliphatic rings. The molecule has 2 aromatic heterocycles. The van der Waals surface area contributed by atoms with E-state index in [0.29, 0.717) is 16.9 Å². The summed E-state index contributed by atoms with van der Waals surface area (Å²) in [6.07, 6.45) is 1.77. The van der Waals surface area contributed by atoms with Crippen molar-refractivity contribution in [2.45, 2.75) is 36.9 Å². The van der Waals surface area contributed by atoms with E-state index in [4.69, 9.17) is 10.3 Å². The third-order valence-corrected chi connectivity index (χ3v) is 2.83. The number of anilines is 1. The van der Waals surface area contributed by atoms with Crippen LogP contribution in [-0.2, 0) is 6.42 Å². The molecule has 7 nitrogen and oxygen atoms in total. The number of hydrogen-bond donors (Lipinski definition) is 2. The highest BCUT2D eigenvalue weighted by atomic mass is 32.2. The molecule has 2 heterocycles. The first-order valence-electron chi connectivity index (χ1n) is 5.53. The highest BCUT2D eigenvalue weighted by Gasteiger charge is 2.09. The standard InChI is InChI=1S/C10H14N6OS/c1-3-4-7-12-8(14-11)5-9(13-7)18-10-16-15-6(2)17-10/h5H,3-4,11H2,1-2H3,(H,12,13,14). The fourth-order valence-corrected chi connectivity index (χ4v) is 2.09. The number of nitrogen functional groups attached to an aromatic ring is 1. The van der Waals surface area contributed by atoms with Crippen LogP contribution in [-0.4, -0.2) is 20.2 Å². The quantitative estimate of drug-likeness (QED) is 0.477. The second-order valence-electron chi connectivity index (χ2n) is 3.59. The summed E-state index contributed by atoms with van der Waals surface area (Å²) in [6.45, 7) is 3.81. The zero-order valence-corrected chi connectivity index (χ0v) is 11.0. The zero-order valence-electron chi connectivity index (χ0n) is 10.2. The van der Waals surface area contributed by atoms with Gasteiger partial charge in [0, 0.05) is 19.4 Å². The lowest BCUT2D eigenvalue weighted by Gasteiger charge is -2.05. The van der Waals surface area contributed by atoms with Crippen LogP contribution in [0.15, 0.2) is 20.7 Å². The molecule has 0 spiro atoms. The minimum absolute atomic E-state index is 0.455. The number of aryl methyl sites for hydroxylation is 2. The average molecular weight is 266 g/mol. The third-order valence-electron chi connectivity index (χ3n) is 2.07. The Kier molecular flexibility index (Phi) is 4.11. The van der Waals surface area contributed by atoms with Crippen LogP contribution >= 0.6 is 11.8 Å². The van der Waals surface area contributed by atoms with Crippen LogP contribution in [0, 0.1) is 6.92 Å². The fraction of sp³-hybridized carbons (Fsp3) is 0.400. The average Bonchev–Trinajstić information content (AvgIpc) is 2.75. The Morgan fingerprint density at radius 3 is 2.83 bits per heavy atom. The molecule has 0 saturated heterocycles. The van der Waals surface area contributed by atoms with E-state index in [2.05, 4.69) is 32.5 Å². The monoisotopic (exact) mass is 266 g/mol. The van der Waals surface area contributed by atoms with Gasteiger partial charge in [-0.3, -0.25) is 0 Å². The molecule has 0 radical (unpaired) electrons. The summed E-state index contributed by atoms with van der Waals surface area (Å²) in [5.41, 5.74) is 2.53. The van der Waals surface area contributed by atoms with Gasteiger partial charge in [0.25, 0.3) is 5.22 Å². The topological polar surface area (TPSA) is 103 Å². The molecule has 2 aromatic rings. The van der Waals surface area contributed by atoms with Crippen molar-refractivity contribution in [3.05, 3.63) is 17.8 Å². The molecule has 0 amide bonds. The summed E-state index contributed by atoms with van der Waals surface area (Å²) in [6, 6.07) is 1.74. The first kappa shape index (κ1) is 12.8. The third kappa shape index (κ3) is 3.17. The predicted octanol–water partition coefficient (Wildman–Crippen LogP) is 1.56. The molecule has 0 aliphatic carbocycles. The Morgan fingerprint density at radius 1 is 1.39 bits per heavy atom. The van der Waals surface area contributed by atoms with E-state index in [9.17, 15) is 0 Å². The van der Waals surface area contributed by atoms with E-state index in [1.54, 1.807) is 13.0 Å². The van der Waals surface area contributed by atoms with Crippen LogP contribution in [0.1, 0.15) is 25.1 Å². The maximum Gasteiger partial charge on any atom is 0.282 e. The Hall–Kier alpha value is -1.67. The summed E-state index contributed by atoms with van der Waals surface area (Å²) >= 11 is 1.29. The number of nitrogens with two attached hydrogens (primary N) is 1. The molecule has 2 rings (SSSR count). The molecule has 0 bridgehead atoms. The number of nitrogens with one attached hydrogen (secondary N) is 1. The number of hydrogen-bond acceptors (Lipinski definition) is 8. The molecule has 0 aromatic carbocycles. The SMILES string of the molecule is CCCc1nc(NN)cc(Sc2nnc(C)o2)n1. The van der Waals surface area contributed by atoms with Crippen molar-refractivity contribution in [1.82, 2.24) is 20.2 Å². The van der Waals surface area contributed by atoms with Crippen molar-refractivity contribution in [3.63, 3.8) is 0 Å². The van der Waals surface area contributed by atoms with Gasteiger partial charge >= 0.3 is 0 Å². The molecular weight excluding hydrogens is 252 g/mol. The van der Waals surface area contributed by atoms with E-state index >= 15 is 0 Å². The normalized spacial score (nSPS) is 10.6. The van der Waals surface area contributed by atoms with Crippen molar-refractivity contribution in [2.75, 3.05) is 5.43 Å². The van der Waals surface area contributed by atoms with Crippen LogP contribution in [0.5, 0.6) is 0 Å². The van der Waals surface area contributed by atoms with Crippen molar-refractivity contribution < 1.29 is 4.42 Å². The van der Waals surface area contributed by atoms with Gasteiger partial charge in [-0.1, -0.05) is 6.92 Å². The van der Waals surface area contributed by atoms with Gasteiger partial charge in [-0.25, -0.2) is 15.8 Å². The molecule has 8 heteroatoms. The lowest BCUT2D eigenvalue weighted by Crippen LogP contribution is -2.10. The van der Waals surface area contributed by atoms with E-state index in [1.807, 2.05) is 0 Å². The Bertz CT molecular complexity index is 529. The van der Waals surface area contributed by atoms with Crippen molar-refractivity contribution in [2.24, 2.45) is 5.84 Å². The van der Waals surface area contributed by atoms with Crippen molar-refractivity contribution in [1.29, 1.82) is 0 Å². The molecule has 18 heavy (non-hydrogen) atoms. The number of aromatic nitrogens is 4. The molecule has 96 valence electrons. The first-order valence-corrected chi connectivity index (χ1v) is 6.35. The van der Waals surface area contributed by atoms with Gasteiger partial charge in [0.15, 0.2) is 0 Å². The van der Waals surface area contributed by atoms with E-state index in [1.165, 1.54) is 11.8 Å². The molecular formula is C10H14N6OS. The Balaban J connectivity index is 2.23. The van der Waals surface area contributed by atoms with Crippen LogP contribution in [0.3, 0.4) is 0 Å². The van der Waals surface area contributed by atoms with Gasteiger partial charge in [0.2, 0.25) is 5.89 Å². The summed E-state index contributed by atoms with van der Waals surface area (Å²) in [4.78, 5) is 8.67. The highest BCUT2D eigenvalue weighted by molar-refractivity contribution is 7.99. The summed E-state index contributed by atoms with van der Waals surface area (Å²) in [5, 5.41) is 8.85. The van der Waals surface area contributed by atoms with E-state index < -0.39 is 0 Å². The molecule has 0 aliphatic heterocycles. The zero-order chi connectivity index (χ0) is 13.0. The van der Waals surface area contributed by atoms with Gasteiger partial charge in [-0.15, -0.1) is 10.2 Å². The summed E-state index contributed by atoms with van der Waals surface area (Å²) in [5.74, 6) is 7.22. The lowest BCUT2D eigenvalue weighted by atomic mass is 10.3. The molecule has 0 unspecified atom stereocenters. The Morgan fingerprint density at radius 2 is 2.22 bits per heavy atom. The van der Waals surface area contributed by atoms with E-state index in [-0.39, 0.29) is 0 Å². The number of hydrazine groups is 1. The van der Waals surface area contributed by atoms with Gasteiger partial charge in [-0.05, 0) is 18.2 Å². The number of nitrogens with zero attached hydrogens (tertiary/aromatic N) is 4. The maximum absolute atomic E-state index is 5.38. The van der Waals surface area contributed by atoms with Gasteiger partial charge in [-0.2, -0.15) is 0 Å². The van der Waals surface area contributed by atoms with Gasteiger partial charge in [0.05, 0.1) is 0 Å². The Labute approximate surface area is 109 Å². The first-order chi connectivity index (χ1) is 8.71. The van der Waals surface area contributed by atoms with Crippen LogP contribution in [0.4, 0.5) is 5.82 Å². The van der Waals surface area contributed by atoms with Crippen LogP contribution in [0.25, 0.3) is 0 Å². The second kappa shape index (κ2) is 5.78. The van der Waals surface area contributed by atoms with Gasteiger partial charge in [0.1, 0.15) is 16.7 Å². The lowest BCUT2D eigenvalue weighted by molar-refractivity contribution is 0.429. The number of rotatable bonds is 5. The second-order valence-corrected chi connectivity index (χ2v) is 4.56. The summed E-state index contributed by atoms with van der Waals surface area (Å²) in [7, 11) is 0. The highest BCUT2D eigenvalue weighted by Crippen LogP contribution is 2.26. The minimum atomic E-state index is 0.455. The van der Waals surface area contributed by atoms with Crippen molar-refractivity contribution in [3.8, 4) is 0 Å².